The third kappa shape index (κ3) is 17.3. The number of carboxylic acids is 2. The number of aliphatic carboxylic acids is 2. The standard InChI is InChI=1S/C9H16O2.C3H4O2.O.Ti/c1-6(2)5-8(7(3)4)9(10)11;1-2-3(4)5;;/h5-7H,1-4H3,(H,10,11);2H,1H2,(H,4,5);;/b8-5+;;;. The molecule has 0 aliphatic rings. The fourth-order valence-corrected chi connectivity index (χ4v) is 0.870. The molecule has 0 spiro atoms. The van der Waals surface area contributed by atoms with Gasteiger partial charge in [0.05, 0.1) is 0 Å². The summed E-state index contributed by atoms with van der Waals surface area (Å²) in [4.78, 5) is 19.9. The molecule has 18 heavy (non-hydrogen) atoms. The van der Waals surface area contributed by atoms with Crippen molar-refractivity contribution in [2.75, 3.05) is 0 Å². The second-order valence-corrected chi connectivity index (χ2v) is 3.87. The third-order valence-corrected chi connectivity index (χ3v) is 1.56. The molecule has 0 saturated carbocycles. The zero-order chi connectivity index (χ0) is 15.3. The van der Waals surface area contributed by atoms with Crippen molar-refractivity contribution < 1.29 is 43.5 Å². The average Bonchev–Trinajstić information content (AvgIpc) is 2.28. The number of hydrogen-bond donors (Lipinski definition) is 2. The van der Waals surface area contributed by atoms with Crippen LogP contribution in [0.25, 0.3) is 0 Å². The van der Waals surface area contributed by atoms with Crippen LogP contribution in [0.5, 0.6) is 0 Å². The van der Waals surface area contributed by atoms with E-state index in [1.54, 1.807) is 6.08 Å². The van der Waals surface area contributed by atoms with Gasteiger partial charge in [-0.3, -0.25) is 0 Å². The fourth-order valence-electron chi connectivity index (χ4n) is 0.870. The summed E-state index contributed by atoms with van der Waals surface area (Å²) >= 11 is 0.750. The van der Waals surface area contributed by atoms with Gasteiger partial charge in [-0.1, -0.05) is 40.3 Å². The van der Waals surface area contributed by atoms with Crippen molar-refractivity contribution in [2.24, 2.45) is 11.8 Å². The van der Waals surface area contributed by atoms with Crippen LogP contribution >= 0.6 is 0 Å². The normalized spacial score (nSPS) is 9.72. The molecule has 0 unspecified atom stereocenters. The van der Waals surface area contributed by atoms with Crippen LogP contribution in [0, 0.1) is 11.8 Å². The van der Waals surface area contributed by atoms with Crippen LogP contribution in [0.15, 0.2) is 24.3 Å². The molecule has 6 heteroatoms. The Kier molecular flexibility index (Phi) is 17.2. The molecule has 0 aliphatic carbocycles. The molecule has 102 valence electrons. The number of hydrogen-bond acceptors (Lipinski definition) is 3. The Morgan fingerprint density at radius 3 is 1.50 bits per heavy atom. The van der Waals surface area contributed by atoms with Gasteiger partial charge in [-0.05, 0) is 11.8 Å². The van der Waals surface area contributed by atoms with E-state index in [0.29, 0.717) is 11.5 Å². The molecule has 0 saturated heterocycles. The predicted octanol–water partition coefficient (Wildman–Crippen LogP) is 2.45. The van der Waals surface area contributed by atoms with E-state index in [1.165, 1.54) is 0 Å². The van der Waals surface area contributed by atoms with Crippen LogP contribution in [0.3, 0.4) is 0 Å². The Hall–Kier alpha value is -1.07. The molecule has 0 aliphatic heterocycles. The molecule has 0 fully saturated rings. The second kappa shape index (κ2) is 14.0. The SMILES string of the molecule is C=CC(=O)O.CC(C)/C=C(/C(=O)O)C(C)C.[O]=[Ti]. The molecule has 0 atom stereocenters. The molecule has 0 heterocycles. The topological polar surface area (TPSA) is 91.7 Å². The first-order chi connectivity index (χ1) is 8.22. The van der Waals surface area contributed by atoms with E-state index in [0.717, 1.165) is 26.5 Å². The fraction of sp³-hybridized carbons (Fsp3) is 0.500. The molecule has 0 radical (unpaired) electrons. The van der Waals surface area contributed by atoms with Gasteiger partial charge >= 0.3 is 35.7 Å². The van der Waals surface area contributed by atoms with Crippen LogP contribution in [-0.2, 0) is 33.3 Å². The number of carbonyl (C=O) groups is 2. The van der Waals surface area contributed by atoms with Crippen LogP contribution in [0.4, 0.5) is 0 Å². The molecule has 0 amide bonds. The van der Waals surface area contributed by atoms with E-state index in [-0.39, 0.29) is 5.92 Å². The van der Waals surface area contributed by atoms with Gasteiger partial charge in [-0.15, -0.1) is 0 Å². The third-order valence-electron chi connectivity index (χ3n) is 1.56. The van der Waals surface area contributed by atoms with Gasteiger partial charge in [-0.25, -0.2) is 9.59 Å². The van der Waals surface area contributed by atoms with E-state index in [4.69, 9.17) is 13.5 Å². The minimum atomic E-state index is -0.981. The quantitative estimate of drug-likeness (QED) is 0.613. The van der Waals surface area contributed by atoms with E-state index in [2.05, 4.69) is 6.58 Å². The summed E-state index contributed by atoms with van der Waals surface area (Å²) in [5.41, 5.74) is 0.514. The van der Waals surface area contributed by atoms with Crippen molar-refractivity contribution in [1.29, 1.82) is 0 Å². The Labute approximate surface area is 119 Å². The summed E-state index contributed by atoms with van der Waals surface area (Å²) in [6, 6.07) is 0. The van der Waals surface area contributed by atoms with Gasteiger partial charge in [0.1, 0.15) is 0 Å². The van der Waals surface area contributed by atoms with Gasteiger partial charge < -0.3 is 10.2 Å². The molecular formula is C12H20O5Ti. The summed E-state index contributed by atoms with van der Waals surface area (Å²) in [5.74, 6) is -1.36. The van der Waals surface area contributed by atoms with Crippen LogP contribution < -0.4 is 0 Å². The van der Waals surface area contributed by atoms with Crippen molar-refractivity contribution in [3.05, 3.63) is 24.3 Å². The van der Waals surface area contributed by atoms with Crippen molar-refractivity contribution in [3.63, 3.8) is 0 Å². The van der Waals surface area contributed by atoms with Crippen LogP contribution in [0.1, 0.15) is 27.7 Å². The molecule has 5 nitrogen and oxygen atoms in total. The minimum absolute atomic E-state index is 0.106. The summed E-state index contributed by atoms with van der Waals surface area (Å²) in [6.07, 6.45) is 2.63. The molecule has 0 aromatic heterocycles. The molecular weight excluding hydrogens is 272 g/mol. The monoisotopic (exact) mass is 292 g/mol. The molecule has 0 aromatic rings. The maximum absolute atomic E-state index is 10.6. The summed E-state index contributed by atoms with van der Waals surface area (Å²) < 4.78 is 8.25. The molecule has 0 aromatic carbocycles. The Morgan fingerprint density at radius 1 is 1.11 bits per heavy atom. The van der Waals surface area contributed by atoms with E-state index < -0.39 is 11.9 Å². The van der Waals surface area contributed by atoms with E-state index in [1.807, 2.05) is 27.7 Å². The van der Waals surface area contributed by atoms with E-state index >= 15 is 0 Å². The van der Waals surface area contributed by atoms with Gasteiger partial charge in [0.15, 0.2) is 0 Å². The van der Waals surface area contributed by atoms with Crippen molar-refractivity contribution in [1.82, 2.24) is 0 Å². The first-order valence-corrected chi connectivity index (χ1v) is 5.86. The summed E-state index contributed by atoms with van der Waals surface area (Å²) in [5, 5.41) is 16.3. The Bertz CT molecular complexity index is 295. The molecule has 0 bridgehead atoms. The van der Waals surface area contributed by atoms with Gasteiger partial charge in [0.2, 0.25) is 0 Å². The number of allylic oxidation sites excluding steroid dienone is 1. The summed E-state index contributed by atoms with van der Waals surface area (Å²) in [6.45, 7) is 10.7. The van der Waals surface area contributed by atoms with Crippen LogP contribution in [0.2, 0.25) is 0 Å². The second-order valence-electron chi connectivity index (χ2n) is 3.87. The predicted molar refractivity (Wildman–Crippen MR) is 63.9 cm³/mol. The van der Waals surface area contributed by atoms with Gasteiger partial charge in [0.25, 0.3) is 0 Å². The molecule has 0 rings (SSSR count). The first kappa shape index (κ1) is 22.1. The van der Waals surface area contributed by atoms with Crippen molar-refractivity contribution >= 4 is 11.9 Å². The van der Waals surface area contributed by atoms with Gasteiger partial charge in [0, 0.05) is 11.6 Å². The van der Waals surface area contributed by atoms with Crippen molar-refractivity contribution in [3.8, 4) is 0 Å². The average molecular weight is 292 g/mol. The Balaban J connectivity index is -0.000000270. The Morgan fingerprint density at radius 2 is 1.44 bits per heavy atom. The zero-order valence-electron chi connectivity index (χ0n) is 11.1. The van der Waals surface area contributed by atoms with Gasteiger partial charge in [-0.2, -0.15) is 0 Å². The molecule has 2 N–H and O–H groups in total. The maximum atomic E-state index is 10.6. The first-order valence-electron chi connectivity index (χ1n) is 5.23. The number of rotatable bonds is 4. The van der Waals surface area contributed by atoms with Crippen LogP contribution in [-0.4, -0.2) is 22.2 Å². The summed E-state index contributed by atoms with van der Waals surface area (Å²) in [7, 11) is 0. The number of carboxylic acid groups (broad SMARTS) is 2. The van der Waals surface area contributed by atoms with E-state index in [9.17, 15) is 9.59 Å². The zero-order valence-corrected chi connectivity index (χ0v) is 12.7. The van der Waals surface area contributed by atoms with Crippen molar-refractivity contribution in [2.45, 2.75) is 27.7 Å².